The van der Waals surface area contributed by atoms with Crippen molar-refractivity contribution in [3.8, 4) is 0 Å². The monoisotopic (exact) mass is 403 g/mol. The number of amides is 2. The fraction of sp³-hybridized carbons (Fsp3) is 0.333. The molecule has 0 unspecified atom stereocenters. The smallest absolute Gasteiger partial charge is 0.313 e. The molecule has 2 amide bonds. The fourth-order valence-corrected chi connectivity index (χ4v) is 3.04. The zero-order valence-corrected chi connectivity index (χ0v) is 15.9. The first kappa shape index (κ1) is 20.7. The lowest BCUT2D eigenvalue weighted by Crippen LogP contribution is -2.36. The number of aryl methyl sites for hydroxylation is 1. The third kappa shape index (κ3) is 5.99. The Hall–Kier alpha value is -3.00. The van der Waals surface area contributed by atoms with Crippen molar-refractivity contribution in [2.45, 2.75) is 12.8 Å². The molecule has 1 aliphatic rings. The number of hydrogen-bond donors (Lipinski definition) is 2. The summed E-state index contributed by atoms with van der Waals surface area (Å²) < 4.78 is 32.0. The number of carbonyl (C=O) groups is 2. The zero-order valence-electron chi connectivity index (χ0n) is 15.9. The molecule has 0 radical (unpaired) electrons. The van der Waals surface area contributed by atoms with E-state index in [4.69, 9.17) is 4.74 Å². The van der Waals surface area contributed by atoms with Crippen LogP contribution in [-0.4, -0.2) is 44.7 Å². The Morgan fingerprint density at radius 2 is 1.72 bits per heavy atom. The maximum Gasteiger partial charge on any atom is 0.313 e. The van der Waals surface area contributed by atoms with Crippen molar-refractivity contribution in [2.75, 3.05) is 43.1 Å². The van der Waals surface area contributed by atoms with Gasteiger partial charge in [0.25, 0.3) is 0 Å². The molecule has 2 aromatic rings. The molecular weight excluding hydrogens is 380 g/mol. The highest BCUT2D eigenvalue weighted by molar-refractivity contribution is 6.39. The molecule has 0 spiro atoms. The van der Waals surface area contributed by atoms with Gasteiger partial charge in [-0.3, -0.25) is 9.59 Å². The first-order chi connectivity index (χ1) is 14.0. The number of morpholine rings is 1. The van der Waals surface area contributed by atoms with Gasteiger partial charge in [-0.2, -0.15) is 0 Å². The Labute approximate surface area is 167 Å². The number of carbonyl (C=O) groups excluding carboxylic acids is 2. The number of hydrogen-bond acceptors (Lipinski definition) is 4. The molecule has 1 heterocycles. The summed E-state index contributed by atoms with van der Waals surface area (Å²) in [4.78, 5) is 25.9. The molecule has 3 rings (SSSR count). The molecule has 0 atom stereocenters. The molecular formula is C21H23F2N3O3. The third-order valence-corrected chi connectivity index (χ3v) is 4.62. The maximum atomic E-state index is 13.5. The van der Waals surface area contributed by atoms with Crippen LogP contribution in [0.1, 0.15) is 12.0 Å². The van der Waals surface area contributed by atoms with E-state index in [1.807, 2.05) is 12.1 Å². The number of halogens is 2. The van der Waals surface area contributed by atoms with Crippen molar-refractivity contribution in [2.24, 2.45) is 0 Å². The number of anilines is 2. The Morgan fingerprint density at radius 1 is 1.00 bits per heavy atom. The van der Waals surface area contributed by atoms with Crippen molar-refractivity contribution in [3.05, 3.63) is 59.7 Å². The van der Waals surface area contributed by atoms with E-state index in [1.165, 1.54) is 0 Å². The van der Waals surface area contributed by atoms with Crippen molar-refractivity contribution >= 4 is 23.2 Å². The highest BCUT2D eigenvalue weighted by atomic mass is 19.1. The second-order valence-corrected chi connectivity index (χ2v) is 6.70. The Bertz CT molecular complexity index is 853. The SMILES string of the molecule is O=C(NCCCc1ccc(N2CCOCC2)cc1)C(=O)Nc1cc(F)ccc1F. The lowest BCUT2D eigenvalue weighted by atomic mass is 10.1. The van der Waals surface area contributed by atoms with Crippen molar-refractivity contribution in [3.63, 3.8) is 0 Å². The van der Waals surface area contributed by atoms with Crippen molar-refractivity contribution in [1.82, 2.24) is 5.32 Å². The number of nitrogens with zero attached hydrogens (tertiary/aromatic N) is 1. The Kier molecular flexibility index (Phi) is 7.13. The van der Waals surface area contributed by atoms with Crippen LogP contribution in [0.5, 0.6) is 0 Å². The van der Waals surface area contributed by atoms with E-state index in [1.54, 1.807) is 0 Å². The van der Waals surface area contributed by atoms with E-state index in [9.17, 15) is 18.4 Å². The van der Waals surface area contributed by atoms with Crippen LogP contribution in [0.4, 0.5) is 20.2 Å². The predicted octanol–water partition coefficient (Wildman–Crippen LogP) is 2.49. The molecule has 1 aliphatic heterocycles. The lowest BCUT2D eigenvalue weighted by molar-refractivity contribution is -0.136. The number of benzene rings is 2. The summed E-state index contributed by atoms with van der Waals surface area (Å²) in [5.41, 5.74) is 1.92. The summed E-state index contributed by atoms with van der Waals surface area (Å²) in [6.07, 6.45) is 1.38. The van der Waals surface area contributed by atoms with Crippen LogP contribution >= 0.6 is 0 Å². The molecule has 0 bridgehead atoms. The van der Waals surface area contributed by atoms with Crippen molar-refractivity contribution in [1.29, 1.82) is 0 Å². The van der Waals surface area contributed by atoms with Gasteiger partial charge in [0.1, 0.15) is 11.6 Å². The first-order valence-corrected chi connectivity index (χ1v) is 9.49. The molecule has 2 N–H and O–H groups in total. The summed E-state index contributed by atoms with van der Waals surface area (Å²) >= 11 is 0. The summed E-state index contributed by atoms with van der Waals surface area (Å²) in [6.45, 7) is 3.53. The number of ether oxygens (including phenoxy) is 1. The normalized spacial score (nSPS) is 13.8. The zero-order chi connectivity index (χ0) is 20.6. The molecule has 29 heavy (non-hydrogen) atoms. The van der Waals surface area contributed by atoms with Gasteiger partial charge < -0.3 is 20.3 Å². The van der Waals surface area contributed by atoms with Gasteiger partial charge in [0.15, 0.2) is 0 Å². The van der Waals surface area contributed by atoms with Crippen LogP contribution in [-0.2, 0) is 20.7 Å². The van der Waals surface area contributed by atoms with Crippen LogP contribution < -0.4 is 15.5 Å². The van der Waals surface area contributed by atoms with Gasteiger partial charge in [-0.1, -0.05) is 12.1 Å². The van der Waals surface area contributed by atoms with Gasteiger partial charge in [-0.05, 0) is 42.7 Å². The summed E-state index contributed by atoms with van der Waals surface area (Å²) in [7, 11) is 0. The molecule has 0 aromatic heterocycles. The van der Waals surface area contributed by atoms with Gasteiger partial charge in [-0.15, -0.1) is 0 Å². The van der Waals surface area contributed by atoms with Gasteiger partial charge in [0.2, 0.25) is 0 Å². The molecule has 0 aliphatic carbocycles. The first-order valence-electron chi connectivity index (χ1n) is 9.49. The van der Waals surface area contributed by atoms with Crippen LogP contribution in [0, 0.1) is 11.6 Å². The predicted molar refractivity (Wildman–Crippen MR) is 106 cm³/mol. The van der Waals surface area contributed by atoms with Gasteiger partial charge in [0, 0.05) is 31.4 Å². The van der Waals surface area contributed by atoms with Crippen LogP contribution in [0.2, 0.25) is 0 Å². The van der Waals surface area contributed by atoms with E-state index >= 15 is 0 Å². The minimum absolute atomic E-state index is 0.295. The van der Waals surface area contributed by atoms with Crippen LogP contribution in [0.3, 0.4) is 0 Å². The van der Waals surface area contributed by atoms with Crippen molar-refractivity contribution < 1.29 is 23.1 Å². The Balaban J connectivity index is 1.39. The molecule has 1 fully saturated rings. The quantitative estimate of drug-likeness (QED) is 0.574. The van der Waals surface area contributed by atoms with Gasteiger partial charge >= 0.3 is 11.8 Å². The van der Waals surface area contributed by atoms with E-state index in [0.29, 0.717) is 13.0 Å². The number of nitrogens with one attached hydrogen (secondary N) is 2. The summed E-state index contributed by atoms with van der Waals surface area (Å²) in [6, 6.07) is 10.9. The minimum atomic E-state index is -1.04. The van der Waals surface area contributed by atoms with E-state index < -0.39 is 23.4 Å². The third-order valence-electron chi connectivity index (χ3n) is 4.62. The maximum absolute atomic E-state index is 13.5. The van der Waals surface area contributed by atoms with Crippen LogP contribution in [0.25, 0.3) is 0 Å². The largest absolute Gasteiger partial charge is 0.378 e. The Morgan fingerprint density at radius 3 is 2.45 bits per heavy atom. The molecule has 8 heteroatoms. The van der Waals surface area contributed by atoms with Crippen LogP contribution in [0.15, 0.2) is 42.5 Å². The van der Waals surface area contributed by atoms with Gasteiger partial charge in [0.05, 0.1) is 18.9 Å². The van der Waals surface area contributed by atoms with Gasteiger partial charge in [-0.25, -0.2) is 8.78 Å². The minimum Gasteiger partial charge on any atom is -0.378 e. The molecule has 2 aromatic carbocycles. The van der Waals surface area contributed by atoms with E-state index in [-0.39, 0.29) is 5.69 Å². The highest BCUT2D eigenvalue weighted by Gasteiger charge is 2.15. The average molecular weight is 403 g/mol. The lowest BCUT2D eigenvalue weighted by Gasteiger charge is -2.28. The van der Waals surface area contributed by atoms with E-state index in [0.717, 1.165) is 62.2 Å². The number of rotatable bonds is 6. The molecule has 0 saturated carbocycles. The second kappa shape index (κ2) is 9.97. The summed E-state index contributed by atoms with van der Waals surface area (Å²) in [5, 5.41) is 4.55. The standard InChI is InChI=1S/C21H23F2N3O3/c22-16-5-8-18(23)19(14-16)25-21(28)20(27)24-9-1-2-15-3-6-17(7-4-15)26-10-12-29-13-11-26/h3-8,14H,1-2,9-13H2,(H,24,27)(H,25,28). The highest BCUT2D eigenvalue weighted by Crippen LogP contribution is 2.17. The topological polar surface area (TPSA) is 70.7 Å². The summed E-state index contributed by atoms with van der Waals surface area (Å²) in [5.74, 6) is -3.45. The molecule has 1 saturated heterocycles. The average Bonchev–Trinajstić information content (AvgIpc) is 2.74. The molecule has 154 valence electrons. The second-order valence-electron chi connectivity index (χ2n) is 6.70. The molecule has 6 nitrogen and oxygen atoms in total. The van der Waals surface area contributed by atoms with E-state index in [2.05, 4.69) is 27.7 Å². The fourth-order valence-electron chi connectivity index (χ4n) is 3.04.